The summed E-state index contributed by atoms with van der Waals surface area (Å²) < 4.78 is 17.5. The second kappa shape index (κ2) is 5.61. The molecule has 0 amide bonds. The van der Waals surface area contributed by atoms with Crippen molar-refractivity contribution < 1.29 is 13.9 Å². The highest BCUT2D eigenvalue weighted by Gasteiger charge is 2.42. The van der Waals surface area contributed by atoms with Crippen LogP contribution in [-0.4, -0.2) is 34.4 Å². The van der Waals surface area contributed by atoms with Gasteiger partial charge in [-0.1, -0.05) is 20.8 Å². The van der Waals surface area contributed by atoms with E-state index in [2.05, 4.69) is 33.9 Å². The Hall–Kier alpha value is 0.0969. The first kappa shape index (κ1) is 16.2. The van der Waals surface area contributed by atoms with E-state index in [4.69, 9.17) is 13.9 Å². The van der Waals surface area contributed by atoms with Crippen LogP contribution in [0.15, 0.2) is 0 Å². The predicted octanol–water partition coefficient (Wildman–Crippen LogP) is 3.94. The fourth-order valence-electron chi connectivity index (χ4n) is 2.23. The van der Waals surface area contributed by atoms with Crippen molar-refractivity contribution in [3.8, 4) is 0 Å². The highest BCUT2D eigenvalue weighted by molar-refractivity contribution is 6.74. The molecule has 108 valence electrons. The van der Waals surface area contributed by atoms with Crippen molar-refractivity contribution in [2.75, 3.05) is 14.2 Å². The lowest BCUT2D eigenvalue weighted by Crippen LogP contribution is -2.47. The Balaban J connectivity index is 2.55. The molecule has 4 heteroatoms. The highest BCUT2D eigenvalue weighted by Crippen LogP contribution is 2.40. The third-order valence-corrected chi connectivity index (χ3v) is 9.24. The average Bonchev–Trinajstić information content (AvgIpc) is 2.29. The van der Waals surface area contributed by atoms with Crippen molar-refractivity contribution in [1.82, 2.24) is 0 Å². The summed E-state index contributed by atoms with van der Waals surface area (Å²) in [5.74, 6) is -0.368. The van der Waals surface area contributed by atoms with Gasteiger partial charge in [-0.2, -0.15) is 0 Å². The minimum atomic E-state index is -1.64. The van der Waals surface area contributed by atoms with Crippen LogP contribution >= 0.6 is 0 Å². The van der Waals surface area contributed by atoms with Gasteiger partial charge in [0, 0.05) is 33.2 Å². The topological polar surface area (TPSA) is 27.7 Å². The molecule has 0 bridgehead atoms. The number of ether oxygens (including phenoxy) is 2. The van der Waals surface area contributed by atoms with Crippen LogP contribution in [0.2, 0.25) is 18.1 Å². The Labute approximate surface area is 113 Å². The molecular weight excluding hydrogens is 244 g/mol. The summed E-state index contributed by atoms with van der Waals surface area (Å²) in [6.45, 7) is 11.5. The van der Waals surface area contributed by atoms with Crippen molar-refractivity contribution in [3.63, 3.8) is 0 Å². The molecule has 0 unspecified atom stereocenters. The molecular formula is C14H30O3Si. The Morgan fingerprint density at radius 2 is 1.44 bits per heavy atom. The van der Waals surface area contributed by atoms with E-state index < -0.39 is 8.32 Å². The highest BCUT2D eigenvalue weighted by atomic mass is 28.4. The first-order valence-electron chi connectivity index (χ1n) is 6.94. The fourth-order valence-corrected chi connectivity index (χ4v) is 3.66. The van der Waals surface area contributed by atoms with Gasteiger partial charge in [0.05, 0.1) is 0 Å². The van der Waals surface area contributed by atoms with Gasteiger partial charge in [0.25, 0.3) is 0 Å². The number of methoxy groups -OCH3 is 2. The van der Waals surface area contributed by atoms with Crippen LogP contribution in [0.5, 0.6) is 0 Å². The number of hydrogen-bond acceptors (Lipinski definition) is 3. The number of hydrogen-bond donors (Lipinski definition) is 0. The van der Waals surface area contributed by atoms with Gasteiger partial charge < -0.3 is 13.9 Å². The second-order valence-electron chi connectivity index (χ2n) is 6.90. The molecule has 1 saturated carbocycles. The monoisotopic (exact) mass is 274 g/mol. The molecule has 0 N–H and O–H groups in total. The lowest BCUT2D eigenvalue weighted by atomic mass is 9.92. The molecule has 0 aromatic heterocycles. The lowest BCUT2D eigenvalue weighted by molar-refractivity contribution is -0.230. The summed E-state index contributed by atoms with van der Waals surface area (Å²) in [5, 5.41) is 0.282. The molecule has 1 aliphatic carbocycles. The van der Waals surface area contributed by atoms with Gasteiger partial charge in [0.2, 0.25) is 0 Å². The SMILES string of the molecule is COC1(OC)CCC(O[Si](C)(C)C(C)(C)C)CC1. The zero-order valence-electron chi connectivity index (χ0n) is 13.1. The van der Waals surface area contributed by atoms with Crippen LogP contribution in [0.25, 0.3) is 0 Å². The lowest BCUT2D eigenvalue weighted by Gasteiger charge is -2.43. The normalized spacial score (nSPS) is 22.2. The molecule has 0 aliphatic heterocycles. The van der Waals surface area contributed by atoms with Crippen molar-refractivity contribution in [3.05, 3.63) is 0 Å². The second-order valence-corrected chi connectivity index (χ2v) is 11.7. The molecule has 0 atom stereocenters. The molecule has 3 nitrogen and oxygen atoms in total. The minimum absolute atomic E-state index is 0.282. The molecule has 0 aromatic carbocycles. The smallest absolute Gasteiger partial charge is 0.192 e. The van der Waals surface area contributed by atoms with E-state index in [9.17, 15) is 0 Å². The first-order chi connectivity index (χ1) is 8.16. The maximum absolute atomic E-state index is 6.45. The molecule has 1 aliphatic rings. The molecule has 0 aromatic rings. The van der Waals surface area contributed by atoms with Gasteiger partial charge in [-0.25, -0.2) is 0 Å². The number of rotatable bonds is 4. The molecule has 0 heterocycles. The standard InChI is InChI=1S/C14H30O3Si/c1-13(2,3)18(6,7)17-12-8-10-14(15-4,16-5)11-9-12/h12H,8-11H2,1-7H3. The molecule has 0 spiro atoms. The van der Waals surface area contributed by atoms with Crippen molar-refractivity contribution in [2.45, 2.75) is 76.5 Å². The maximum Gasteiger partial charge on any atom is 0.192 e. The van der Waals surface area contributed by atoms with E-state index in [1.165, 1.54) is 0 Å². The van der Waals surface area contributed by atoms with Crippen LogP contribution < -0.4 is 0 Å². The molecule has 1 rings (SSSR count). The van der Waals surface area contributed by atoms with Gasteiger partial charge in [-0.05, 0) is 31.0 Å². The van der Waals surface area contributed by atoms with E-state index in [1.807, 2.05) is 0 Å². The van der Waals surface area contributed by atoms with Gasteiger partial charge in [-0.15, -0.1) is 0 Å². The van der Waals surface area contributed by atoms with E-state index in [-0.39, 0.29) is 10.8 Å². The predicted molar refractivity (Wildman–Crippen MR) is 77.3 cm³/mol. The van der Waals surface area contributed by atoms with E-state index >= 15 is 0 Å². The van der Waals surface area contributed by atoms with Crippen molar-refractivity contribution in [1.29, 1.82) is 0 Å². The van der Waals surface area contributed by atoms with Gasteiger partial charge >= 0.3 is 0 Å². The maximum atomic E-state index is 6.45. The Bertz CT molecular complexity index is 257. The zero-order valence-corrected chi connectivity index (χ0v) is 14.1. The van der Waals surface area contributed by atoms with Crippen molar-refractivity contribution >= 4 is 8.32 Å². The third kappa shape index (κ3) is 3.56. The van der Waals surface area contributed by atoms with Crippen LogP contribution in [-0.2, 0) is 13.9 Å². The summed E-state index contributed by atoms with van der Waals surface area (Å²) >= 11 is 0. The summed E-state index contributed by atoms with van der Waals surface area (Å²) in [5.41, 5.74) is 0. The van der Waals surface area contributed by atoms with Crippen LogP contribution in [0, 0.1) is 0 Å². The van der Waals surface area contributed by atoms with E-state index in [1.54, 1.807) is 14.2 Å². The molecule has 18 heavy (non-hydrogen) atoms. The molecule has 1 fully saturated rings. The summed E-state index contributed by atoms with van der Waals surface area (Å²) in [6.07, 6.45) is 4.31. The summed E-state index contributed by atoms with van der Waals surface area (Å²) in [4.78, 5) is 0. The van der Waals surface area contributed by atoms with Gasteiger partial charge in [0.15, 0.2) is 14.1 Å². The van der Waals surface area contributed by atoms with Crippen molar-refractivity contribution in [2.24, 2.45) is 0 Å². The van der Waals surface area contributed by atoms with Crippen LogP contribution in [0.1, 0.15) is 46.5 Å². The van der Waals surface area contributed by atoms with Crippen LogP contribution in [0.4, 0.5) is 0 Å². The Morgan fingerprint density at radius 1 is 1.00 bits per heavy atom. The molecule has 0 radical (unpaired) electrons. The third-order valence-electron chi connectivity index (χ3n) is 4.71. The first-order valence-corrected chi connectivity index (χ1v) is 9.85. The minimum Gasteiger partial charge on any atom is -0.414 e. The fraction of sp³-hybridized carbons (Fsp3) is 1.00. The Kier molecular flexibility index (Phi) is 5.04. The van der Waals surface area contributed by atoms with Crippen LogP contribution in [0.3, 0.4) is 0 Å². The Morgan fingerprint density at radius 3 is 1.78 bits per heavy atom. The molecule has 0 saturated heterocycles. The summed E-state index contributed by atoms with van der Waals surface area (Å²) in [7, 11) is 1.83. The largest absolute Gasteiger partial charge is 0.414 e. The zero-order chi connectivity index (χ0) is 14.0. The van der Waals surface area contributed by atoms with E-state index in [0.717, 1.165) is 25.7 Å². The van der Waals surface area contributed by atoms with Gasteiger partial charge in [0.1, 0.15) is 0 Å². The van der Waals surface area contributed by atoms with Gasteiger partial charge in [-0.3, -0.25) is 0 Å². The van der Waals surface area contributed by atoms with E-state index in [0.29, 0.717) is 6.10 Å². The summed E-state index contributed by atoms with van der Waals surface area (Å²) in [6, 6.07) is 0. The average molecular weight is 274 g/mol. The quantitative estimate of drug-likeness (QED) is 0.574.